The second-order valence-electron chi connectivity index (χ2n) is 2.62. The number of H-pyrrole nitrogens is 1. The summed E-state index contributed by atoms with van der Waals surface area (Å²) < 4.78 is 5.93. The highest BCUT2D eigenvalue weighted by molar-refractivity contribution is 5.30. The van der Waals surface area contributed by atoms with E-state index in [1.54, 1.807) is 13.8 Å². The summed E-state index contributed by atoms with van der Waals surface area (Å²) >= 11 is 0. The van der Waals surface area contributed by atoms with E-state index in [0.29, 0.717) is 5.88 Å². The van der Waals surface area contributed by atoms with Crippen LogP contribution in [0.25, 0.3) is 5.88 Å². The molecule has 0 saturated carbocycles. The Kier molecular flexibility index (Phi) is 1.51. The van der Waals surface area contributed by atoms with Gasteiger partial charge in [-0.25, -0.2) is 9.89 Å². The van der Waals surface area contributed by atoms with Crippen LogP contribution in [0.15, 0.2) is 9.32 Å². The summed E-state index contributed by atoms with van der Waals surface area (Å²) in [6.07, 6.45) is 0. The van der Waals surface area contributed by atoms with Gasteiger partial charge in [-0.1, -0.05) is 5.16 Å². The molecule has 7 heteroatoms. The number of aryl methyl sites for hydroxylation is 1. The molecule has 0 saturated heterocycles. The van der Waals surface area contributed by atoms with Gasteiger partial charge < -0.3 is 4.52 Å². The molecule has 0 aromatic carbocycles. The Labute approximate surface area is 72.3 Å². The lowest BCUT2D eigenvalue weighted by atomic mass is 10.3. The first-order valence-corrected chi connectivity index (χ1v) is 3.64. The Bertz CT molecular complexity index is 479. The molecule has 1 N–H and O–H groups in total. The van der Waals surface area contributed by atoms with Gasteiger partial charge in [0, 0.05) is 5.56 Å². The highest BCUT2D eigenvalue weighted by atomic mass is 16.5. The van der Waals surface area contributed by atoms with Crippen LogP contribution >= 0.6 is 0 Å². The minimum atomic E-state index is -0.445. The maximum absolute atomic E-state index is 11.1. The number of tetrazole rings is 1. The Balaban J connectivity index is 2.66. The molecule has 13 heavy (non-hydrogen) atoms. The molecular formula is C6H7N5O2. The van der Waals surface area contributed by atoms with E-state index in [1.165, 1.54) is 0 Å². The molecule has 0 fully saturated rings. The number of hydrogen-bond acceptors (Lipinski definition) is 5. The first-order chi connectivity index (χ1) is 6.20. The second-order valence-corrected chi connectivity index (χ2v) is 2.62. The van der Waals surface area contributed by atoms with Crippen LogP contribution < -0.4 is 5.69 Å². The third kappa shape index (κ3) is 1.05. The van der Waals surface area contributed by atoms with Gasteiger partial charge in [0.05, 0.1) is 5.69 Å². The van der Waals surface area contributed by atoms with E-state index in [9.17, 15) is 4.79 Å². The third-order valence-corrected chi connectivity index (χ3v) is 1.80. The standard InChI is InChI=1S/C6H7N5O2/c1-3-4(2)8-13-5(3)11-6(12)7-9-10-11/h1-2H3,(H,7,10,12). The molecule has 0 radical (unpaired) electrons. The summed E-state index contributed by atoms with van der Waals surface area (Å²) in [7, 11) is 0. The summed E-state index contributed by atoms with van der Waals surface area (Å²) in [5.41, 5.74) is 1.06. The Morgan fingerprint density at radius 3 is 2.69 bits per heavy atom. The van der Waals surface area contributed by atoms with Crippen LogP contribution in [-0.2, 0) is 0 Å². The van der Waals surface area contributed by atoms with Crippen LogP contribution in [0.1, 0.15) is 11.3 Å². The van der Waals surface area contributed by atoms with Crippen molar-refractivity contribution in [3.63, 3.8) is 0 Å². The van der Waals surface area contributed by atoms with Crippen molar-refractivity contribution in [1.82, 2.24) is 25.4 Å². The molecule has 0 bridgehead atoms. The van der Waals surface area contributed by atoms with Gasteiger partial charge in [-0.3, -0.25) is 0 Å². The minimum Gasteiger partial charge on any atom is -0.336 e. The molecule has 0 atom stereocenters. The molecule has 0 aliphatic rings. The largest absolute Gasteiger partial charge is 0.368 e. The predicted molar refractivity (Wildman–Crippen MR) is 41.5 cm³/mol. The van der Waals surface area contributed by atoms with Crippen LogP contribution in [0.3, 0.4) is 0 Å². The molecular weight excluding hydrogens is 174 g/mol. The van der Waals surface area contributed by atoms with Crippen LogP contribution in [0, 0.1) is 13.8 Å². The fraction of sp³-hybridized carbons (Fsp3) is 0.333. The molecule has 0 aliphatic carbocycles. The van der Waals surface area contributed by atoms with Crippen molar-refractivity contribution < 1.29 is 4.52 Å². The van der Waals surface area contributed by atoms with E-state index in [0.717, 1.165) is 15.9 Å². The molecule has 7 nitrogen and oxygen atoms in total. The lowest BCUT2D eigenvalue weighted by molar-refractivity contribution is 0.389. The lowest BCUT2D eigenvalue weighted by Gasteiger charge is -1.90. The van der Waals surface area contributed by atoms with Crippen molar-refractivity contribution >= 4 is 0 Å². The third-order valence-electron chi connectivity index (χ3n) is 1.80. The van der Waals surface area contributed by atoms with Gasteiger partial charge in [0.15, 0.2) is 0 Å². The Hall–Kier alpha value is -1.92. The molecule has 0 aliphatic heterocycles. The number of nitrogens with one attached hydrogen (secondary N) is 1. The summed E-state index contributed by atoms with van der Waals surface area (Å²) in [5, 5.41) is 12.7. The molecule has 0 unspecified atom stereocenters. The molecule has 2 heterocycles. The average molecular weight is 181 g/mol. The number of rotatable bonds is 1. The first kappa shape index (κ1) is 7.71. The Morgan fingerprint density at radius 1 is 1.46 bits per heavy atom. The normalized spacial score (nSPS) is 10.6. The zero-order valence-electron chi connectivity index (χ0n) is 7.11. The van der Waals surface area contributed by atoms with Gasteiger partial charge in [-0.05, 0) is 24.3 Å². The lowest BCUT2D eigenvalue weighted by Crippen LogP contribution is -2.16. The summed E-state index contributed by atoms with van der Waals surface area (Å²) in [6.45, 7) is 3.58. The van der Waals surface area contributed by atoms with Gasteiger partial charge in [0.2, 0.25) is 0 Å². The minimum absolute atomic E-state index is 0.302. The van der Waals surface area contributed by atoms with E-state index in [4.69, 9.17) is 4.52 Å². The molecule has 0 amide bonds. The first-order valence-electron chi connectivity index (χ1n) is 3.64. The maximum atomic E-state index is 11.1. The smallest absolute Gasteiger partial charge is 0.336 e. The van der Waals surface area contributed by atoms with Gasteiger partial charge in [0.1, 0.15) is 0 Å². The quantitative estimate of drug-likeness (QED) is 0.644. The van der Waals surface area contributed by atoms with Gasteiger partial charge in [-0.15, -0.1) is 4.68 Å². The summed E-state index contributed by atoms with van der Waals surface area (Å²) in [6, 6.07) is 0. The topological polar surface area (TPSA) is 89.6 Å². The van der Waals surface area contributed by atoms with E-state index in [1.807, 2.05) is 0 Å². The van der Waals surface area contributed by atoms with E-state index < -0.39 is 5.69 Å². The van der Waals surface area contributed by atoms with Crippen molar-refractivity contribution in [3.8, 4) is 5.88 Å². The summed E-state index contributed by atoms with van der Waals surface area (Å²) in [5.74, 6) is 0.302. The van der Waals surface area contributed by atoms with Crippen molar-refractivity contribution in [2.75, 3.05) is 0 Å². The highest BCUT2D eigenvalue weighted by Crippen LogP contribution is 2.13. The molecule has 68 valence electrons. The van der Waals surface area contributed by atoms with Crippen molar-refractivity contribution in [3.05, 3.63) is 21.7 Å². The SMILES string of the molecule is Cc1noc(-n2nn[nH]c2=O)c1C. The predicted octanol–water partition coefficient (Wildman–Crippen LogP) is -0.440. The van der Waals surface area contributed by atoms with Gasteiger partial charge in [-0.2, -0.15) is 0 Å². The zero-order chi connectivity index (χ0) is 9.42. The van der Waals surface area contributed by atoms with E-state index in [-0.39, 0.29) is 0 Å². The Morgan fingerprint density at radius 2 is 2.23 bits per heavy atom. The summed E-state index contributed by atoms with van der Waals surface area (Å²) in [4.78, 5) is 11.1. The van der Waals surface area contributed by atoms with E-state index in [2.05, 4.69) is 20.7 Å². The highest BCUT2D eigenvalue weighted by Gasteiger charge is 2.13. The molecule has 2 rings (SSSR count). The fourth-order valence-electron chi connectivity index (χ4n) is 0.932. The molecule has 0 spiro atoms. The second kappa shape index (κ2) is 2.54. The van der Waals surface area contributed by atoms with Gasteiger partial charge >= 0.3 is 5.69 Å². The molecule has 2 aromatic heterocycles. The van der Waals surface area contributed by atoms with Gasteiger partial charge in [0.25, 0.3) is 5.88 Å². The monoisotopic (exact) mass is 181 g/mol. The number of aromatic nitrogens is 5. The van der Waals surface area contributed by atoms with Crippen LogP contribution in [-0.4, -0.2) is 25.4 Å². The molecule has 2 aromatic rings. The average Bonchev–Trinajstić information content (AvgIpc) is 2.62. The van der Waals surface area contributed by atoms with Crippen molar-refractivity contribution in [1.29, 1.82) is 0 Å². The maximum Gasteiger partial charge on any atom is 0.368 e. The van der Waals surface area contributed by atoms with Crippen molar-refractivity contribution in [2.24, 2.45) is 0 Å². The number of nitrogens with zero attached hydrogens (tertiary/aromatic N) is 4. The number of hydrogen-bond donors (Lipinski definition) is 1. The number of aromatic amines is 1. The zero-order valence-corrected chi connectivity index (χ0v) is 7.11. The van der Waals surface area contributed by atoms with Crippen LogP contribution in [0.4, 0.5) is 0 Å². The van der Waals surface area contributed by atoms with Crippen LogP contribution in [0.5, 0.6) is 0 Å². The van der Waals surface area contributed by atoms with Crippen molar-refractivity contribution in [2.45, 2.75) is 13.8 Å². The fourth-order valence-corrected chi connectivity index (χ4v) is 0.932. The van der Waals surface area contributed by atoms with Crippen LogP contribution in [0.2, 0.25) is 0 Å². The van der Waals surface area contributed by atoms with E-state index >= 15 is 0 Å².